The molecule has 0 radical (unpaired) electrons. The normalized spacial score (nSPS) is 10.2. The van der Waals surface area contributed by atoms with Gasteiger partial charge in [0.05, 0.1) is 5.02 Å². The first kappa shape index (κ1) is 14.1. The number of anilines is 2. The summed E-state index contributed by atoms with van der Waals surface area (Å²) in [6.45, 7) is 0. The van der Waals surface area contributed by atoms with Gasteiger partial charge in [0.15, 0.2) is 0 Å². The van der Waals surface area contributed by atoms with Crippen molar-refractivity contribution in [3.05, 3.63) is 53.3 Å². The lowest BCUT2D eigenvalue weighted by Crippen LogP contribution is -2.31. The van der Waals surface area contributed by atoms with Gasteiger partial charge in [-0.2, -0.15) is 0 Å². The minimum atomic E-state index is -0.379. The van der Waals surface area contributed by atoms with E-state index in [1.54, 1.807) is 12.1 Å². The van der Waals surface area contributed by atoms with Crippen LogP contribution in [-0.2, 0) is 0 Å². The van der Waals surface area contributed by atoms with Gasteiger partial charge in [-0.25, -0.2) is 0 Å². The van der Waals surface area contributed by atoms with E-state index in [9.17, 15) is 10.0 Å². The highest BCUT2D eigenvalue weighted by Crippen LogP contribution is 2.18. The molecule has 2 aromatic rings. The van der Waals surface area contributed by atoms with E-state index in [0.29, 0.717) is 5.69 Å². The molecule has 5 nitrogen and oxygen atoms in total. The van der Waals surface area contributed by atoms with Gasteiger partial charge in [0.1, 0.15) is 5.56 Å². The molecule has 0 saturated carbocycles. The summed E-state index contributed by atoms with van der Waals surface area (Å²) in [6.07, 6.45) is 2.61. The fourth-order valence-corrected chi connectivity index (χ4v) is 1.87. The third kappa shape index (κ3) is 3.19. The number of pyridine rings is 1. The van der Waals surface area contributed by atoms with Crippen molar-refractivity contribution in [2.24, 2.45) is 0 Å². The lowest BCUT2D eigenvalue weighted by molar-refractivity contribution is -0.904. The van der Waals surface area contributed by atoms with Crippen LogP contribution in [-0.4, -0.2) is 25.2 Å². The molecule has 2 rings (SSSR count). The maximum Gasteiger partial charge on any atom is 0.263 e. The molecule has 1 amide bonds. The van der Waals surface area contributed by atoms with Gasteiger partial charge in [-0.1, -0.05) is 11.6 Å². The average Bonchev–Trinajstić information content (AvgIpc) is 2.42. The number of aromatic nitrogens is 1. The van der Waals surface area contributed by atoms with E-state index in [0.717, 1.165) is 10.4 Å². The van der Waals surface area contributed by atoms with Gasteiger partial charge >= 0.3 is 0 Å². The van der Waals surface area contributed by atoms with E-state index >= 15 is 0 Å². The van der Waals surface area contributed by atoms with Crippen LogP contribution in [0.1, 0.15) is 10.4 Å². The van der Waals surface area contributed by atoms with Crippen LogP contribution in [0.4, 0.5) is 11.4 Å². The summed E-state index contributed by atoms with van der Waals surface area (Å²) in [7, 11) is 3.88. The van der Waals surface area contributed by atoms with Gasteiger partial charge < -0.3 is 10.2 Å². The SMILES string of the molecule is CN(C)c1ccc(NC(=O)c2c[n+](O)ccc2Cl)cc1. The van der Waals surface area contributed by atoms with Crippen LogP contribution in [0.15, 0.2) is 42.7 Å². The van der Waals surface area contributed by atoms with Crippen molar-refractivity contribution in [2.75, 3.05) is 24.3 Å². The van der Waals surface area contributed by atoms with Crippen LogP contribution in [0.3, 0.4) is 0 Å². The summed E-state index contributed by atoms with van der Waals surface area (Å²) >= 11 is 5.93. The van der Waals surface area contributed by atoms with Crippen molar-refractivity contribution in [3.8, 4) is 0 Å². The highest BCUT2D eigenvalue weighted by Gasteiger charge is 2.15. The standard InChI is InChI=1S/C14H14ClN3O2/c1-17(2)11-5-3-10(4-6-11)16-14(19)12-9-18(20)8-7-13(12)15/h3-9H,1-2H3,(H-,16,19,20)/p+1. The third-order valence-electron chi connectivity index (χ3n) is 2.78. The van der Waals surface area contributed by atoms with Crippen molar-refractivity contribution in [2.45, 2.75) is 0 Å². The minimum absolute atomic E-state index is 0.202. The van der Waals surface area contributed by atoms with Gasteiger partial charge in [0, 0.05) is 36.3 Å². The molecular weight excluding hydrogens is 278 g/mol. The van der Waals surface area contributed by atoms with Crippen LogP contribution < -0.4 is 14.9 Å². The molecule has 0 aliphatic carbocycles. The van der Waals surface area contributed by atoms with E-state index in [-0.39, 0.29) is 16.5 Å². The predicted octanol–water partition coefficient (Wildman–Crippen LogP) is 2.18. The number of hydrogen-bond donors (Lipinski definition) is 2. The summed E-state index contributed by atoms with van der Waals surface area (Å²) in [5.41, 5.74) is 1.90. The third-order valence-corrected chi connectivity index (χ3v) is 3.11. The van der Waals surface area contributed by atoms with Crippen molar-refractivity contribution < 1.29 is 14.7 Å². The molecule has 1 aromatic carbocycles. The summed E-state index contributed by atoms with van der Waals surface area (Å²) in [6, 6.07) is 8.85. The summed E-state index contributed by atoms with van der Waals surface area (Å²) in [5, 5.41) is 12.3. The molecule has 20 heavy (non-hydrogen) atoms. The molecule has 0 aliphatic heterocycles. The van der Waals surface area contributed by atoms with Gasteiger partial charge in [-0.05, 0) is 24.3 Å². The zero-order valence-electron chi connectivity index (χ0n) is 11.2. The Morgan fingerprint density at radius 1 is 1.25 bits per heavy atom. The molecule has 0 aliphatic rings. The van der Waals surface area contributed by atoms with Crippen LogP contribution in [0.5, 0.6) is 0 Å². The molecule has 0 saturated heterocycles. The van der Waals surface area contributed by atoms with E-state index in [1.165, 1.54) is 18.5 Å². The monoisotopic (exact) mass is 292 g/mol. The van der Waals surface area contributed by atoms with Crippen molar-refractivity contribution >= 4 is 28.9 Å². The molecule has 0 spiro atoms. The summed E-state index contributed by atoms with van der Waals surface area (Å²) < 4.78 is 0.788. The summed E-state index contributed by atoms with van der Waals surface area (Å²) in [4.78, 5) is 14.0. The maximum absolute atomic E-state index is 12.1. The number of benzene rings is 1. The van der Waals surface area contributed by atoms with Gasteiger partial charge in [0.25, 0.3) is 5.91 Å². The molecule has 0 fully saturated rings. The lowest BCUT2D eigenvalue weighted by Gasteiger charge is -2.13. The van der Waals surface area contributed by atoms with Crippen LogP contribution in [0.2, 0.25) is 5.02 Å². The van der Waals surface area contributed by atoms with Gasteiger partial charge in [-0.3, -0.25) is 10.0 Å². The predicted molar refractivity (Wildman–Crippen MR) is 77.6 cm³/mol. The number of carbonyl (C=O) groups is 1. The molecule has 1 aromatic heterocycles. The Morgan fingerprint density at radius 3 is 2.50 bits per heavy atom. The fraction of sp³-hybridized carbons (Fsp3) is 0.143. The molecule has 0 unspecified atom stereocenters. The van der Waals surface area contributed by atoms with E-state index in [1.807, 2.05) is 31.1 Å². The number of nitrogens with one attached hydrogen (secondary N) is 1. The van der Waals surface area contributed by atoms with Crippen molar-refractivity contribution in [1.82, 2.24) is 0 Å². The number of rotatable bonds is 3. The first-order valence-corrected chi connectivity index (χ1v) is 6.34. The zero-order chi connectivity index (χ0) is 14.7. The Hall–Kier alpha value is -2.27. The second-order valence-corrected chi connectivity index (χ2v) is 4.89. The van der Waals surface area contributed by atoms with Crippen LogP contribution >= 0.6 is 11.6 Å². The second-order valence-electron chi connectivity index (χ2n) is 4.48. The first-order valence-electron chi connectivity index (χ1n) is 5.96. The highest BCUT2D eigenvalue weighted by molar-refractivity contribution is 6.34. The smallest absolute Gasteiger partial charge is 0.263 e. The van der Waals surface area contributed by atoms with Gasteiger partial charge in [-0.15, -0.1) is 0 Å². The maximum atomic E-state index is 12.1. The van der Waals surface area contributed by atoms with Gasteiger partial charge in [0.2, 0.25) is 12.4 Å². The number of nitrogens with zero attached hydrogens (tertiary/aromatic N) is 2. The number of amides is 1. The zero-order valence-corrected chi connectivity index (χ0v) is 11.9. The number of carbonyl (C=O) groups excluding carboxylic acids is 1. The molecule has 6 heteroatoms. The van der Waals surface area contributed by atoms with Crippen LogP contribution in [0, 0.1) is 0 Å². The first-order chi connectivity index (χ1) is 9.47. The highest BCUT2D eigenvalue weighted by atomic mass is 35.5. The Balaban J connectivity index is 2.17. The van der Waals surface area contributed by atoms with E-state index in [4.69, 9.17) is 11.6 Å². The average molecular weight is 293 g/mol. The van der Waals surface area contributed by atoms with Crippen LogP contribution in [0.25, 0.3) is 0 Å². The van der Waals surface area contributed by atoms with Crippen molar-refractivity contribution in [3.63, 3.8) is 0 Å². The lowest BCUT2D eigenvalue weighted by atomic mass is 10.2. The molecular formula is C14H15ClN3O2+. The topological polar surface area (TPSA) is 56.5 Å². The number of hydrogen-bond acceptors (Lipinski definition) is 3. The minimum Gasteiger partial charge on any atom is -0.378 e. The van der Waals surface area contributed by atoms with E-state index in [2.05, 4.69) is 5.32 Å². The number of halogens is 1. The molecule has 0 atom stereocenters. The summed E-state index contributed by atoms with van der Waals surface area (Å²) in [5.74, 6) is -0.379. The Labute approximate surface area is 122 Å². The quantitative estimate of drug-likeness (QED) is 0.673. The Morgan fingerprint density at radius 2 is 1.90 bits per heavy atom. The molecule has 104 valence electrons. The molecule has 1 heterocycles. The molecule has 0 bridgehead atoms. The second kappa shape index (κ2) is 5.79. The van der Waals surface area contributed by atoms with Crippen molar-refractivity contribution in [1.29, 1.82) is 0 Å². The largest absolute Gasteiger partial charge is 0.378 e. The Kier molecular flexibility index (Phi) is 4.10. The fourth-order valence-electron chi connectivity index (χ4n) is 1.68. The Bertz CT molecular complexity index is 627. The molecule has 2 N–H and O–H groups in total. The van der Waals surface area contributed by atoms with E-state index < -0.39 is 0 Å².